The van der Waals surface area contributed by atoms with Crippen molar-refractivity contribution in [1.82, 2.24) is 4.90 Å². The van der Waals surface area contributed by atoms with E-state index >= 15 is 0 Å². The average molecular weight is 654 g/mol. The molecule has 0 saturated heterocycles. The summed E-state index contributed by atoms with van der Waals surface area (Å²) >= 11 is 1.41. The van der Waals surface area contributed by atoms with Crippen molar-refractivity contribution in [3.8, 4) is 0 Å². The van der Waals surface area contributed by atoms with Crippen LogP contribution in [0.5, 0.6) is 0 Å². The summed E-state index contributed by atoms with van der Waals surface area (Å²) in [5, 5.41) is 39.7. The Kier molecular flexibility index (Phi) is 14.4. The summed E-state index contributed by atoms with van der Waals surface area (Å²) < 4.78 is 0. The molecule has 3 saturated carbocycles. The van der Waals surface area contributed by atoms with Gasteiger partial charge in [-0.3, -0.25) is 19.2 Å². The molecule has 4 rings (SSSR count). The number of carboxylic acid groups (broad SMARTS) is 1. The van der Waals surface area contributed by atoms with E-state index in [-0.39, 0.29) is 40.6 Å². The third-order valence-corrected chi connectivity index (χ3v) is 11.4. The van der Waals surface area contributed by atoms with Crippen molar-refractivity contribution in [2.45, 2.75) is 118 Å². The molecule has 7 atom stereocenters. The lowest BCUT2D eigenvalue weighted by Crippen LogP contribution is -2.62. The maximum Gasteiger partial charge on any atom is 0.303 e. The Morgan fingerprint density at radius 2 is 1.60 bits per heavy atom. The number of ketones is 2. The molecule has 258 valence electrons. The number of hydrogen-bond donors (Lipinski definition) is 4. The number of Topliss-reactive ketones (excluding diaryl/α,β-unsaturated/α-hetero) is 1. The van der Waals surface area contributed by atoms with E-state index in [2.05, 4.69) is 34.6 Å². The number of fused-ring (bicyclic) bond motifs is 5. The van der Waals surface area contributed by atoms with Gasteiger partial charge in [0.05, 0.1) is 6.10 Å². The molecule has 4 aliphatic carbocycles. The number of carboxylic acids is 1. The number of thioether (sulfide) groups is 1. The number of aliphatic hydroxyl groups excluding tert-OH is 2. The first-order valence-corrected chi connectivity index (χ1v) is 17.8. The van der Waals surface area contributed by atoms with Gasteiger partial charge in [-0.15, -0.1) is 0 Å². The van der Waals surface area contributed by atoms with Crippen LogP contribution in [-0.4, -0.2) is 85.3 Å². The first kappa shape index (κ1) is 39.4. The summed E-state index contributed by atoms with van der Waals surface area (Å²) in [4.78, 5) is 47.3. The molecule has 10 heteroatoms. The summed E-state index contributed by atoms with van der Waals surface area (Å²) in [6.07, 6.45) is 5.96. The van der Waals surface area contributed by atoms with Crippen LogP contribution in [0.2, 0.25) is 0 Å². The van der Waals surface area contributed by atoms with Gasteiger partial charge in [-0.25, -0.2) is 0 Å². The fraction of sp³-hybridized carbons (Fsp3) is 0.829. The first-order valence-electron chi connectivity index (χ1n) is 16.8. The van der Waals surface area contributed by atoms with Crippen molar-refractivity contribution >= 4 is 34.5 Å². The number of hydrogen-bond acceptors (Lipinski definition) is 8. The molecule has 45 heavy (non-hydrogen) atoms. The van der Waals surface area contributed by atoms with E-state index in [1.165, 1.54) is 17.3 Å². The van der Waals surface area contributed by atoms with Gasteiger partial charge in [0.2, 0.25) is 0 Å². The molecule has 3 fully saturated rings. The summed E-state index contributed by atoms with van der Waals surface area (Å²) in [6.45, 7) is 17.4. The van der Waals surface area contributed by atoms with Gasteiger partial charge in [0.25, 0.3) is 5.24 Å². The molecule has 4 N–H and O–H groups in total. The Bertz CT molecular complexity index is 1080. The molecule has 0 aromatic rings. The van der Waals surface area contributed by atoms with Gasteiger partial charge >= 0.3 is 5.97 Å². The Hall–Kier alpha value is -1.75. The predicted octanol–water partition coefficient (Wildman–Crippen LogP) is 5.74. The number of aliphatic carboxylic acids is 1. The molecule has 0 heterocycles. The maximum absolute atomic E-state index is 12.4. The van der Waals surface area contributed by atoms with E-state index in [0.29, 0.717) is 31.1 Å². The second-order valence-corrected chi connectivity index (χ2v) is 15.9. The minimum atomic E-state index is -1.54. The third-order valence-electron chi connectivity index (χ3n) is 10.7. The van der Waals surface area contributed by atoms with E-state index < -0.39 is 35.5 Å². The number of rotatable bonds is 8. The molecular weight excluding hydrogens is 594 g/mol. The quantitative estimate of drug-likeness (QED) is 0.257. The van der Waals surface area contributed by atoms with Crippen LogP contribution < -0.4 is 0 Å². The van der Waals surface area contributed by atoms with Crippen LogP contribution in [0.25, 0.3) is 0 Å². The highest BCUT2D eigenvalue weighted by Crippen LogP contribution is 2.67. The van der Waals surface area contributed by atoms with Crippen LogP contribution in [-0.2, 0) is 14.4 Å². The number of allylic oxidation sites excluding steroid dienone is 1. The molecular formula is C35H59NO8S. The van der Waals surface area contributed by atoms with Crippen LogP contribution in [0.15, 0.2) is 11.6 Å². The highest BCUT2D eigenvalue weighted by molar-refractivity contribution is 8.13. The molecule has 4 aliphatic rings. The highest BCUT2D eigenvalue weighted by Gasteiger charge is 2.68. The van der Waals surface area contributed by atoms with Crippen LogP contribution in [0, 0.1) is 40.4 Å². The Morgan fingerprint density at radius 1 is 1.02 bits per heavy atom. The van der Waals surface area contributed by atoms with Crippen molar-refractivity contribution in [2.75, 3.05) is 25.4 Å². The van der Waals surface area contributed by atoms with Crippen LogP contribution in [0.3, 0.4) is 0 Å². The Balaban J connectivity index is 0.000000314. The molecule has 0 radical (unpaired) electrons. The Labute approximate surface area is 274 Å². The zero-order valence-electron chi connectivity index (χ0n) is 28.8. The zero-order chi connectivity index (χ0) is 34.3. The fourth-order valence-electron chi connectivity index (χ4n) is 8.60. The summed E-state index contributed by atoms with van der Waals surface area (Å²) in [7, 11) is 0. The van der Waals surface area contributed by atoms with E-state index in [0.717, 1.165) is 44.5 Å². The normalized spacial score (nSPS) is 33.4. The summed E-state index contributed by atoms with van der Waals surface area (Å²) in [5.41, 5.74) is -1.23. The zero-order valence-corrected chi connectivity index (χ0v) is 29.6. The van der Waals surface area contributed by atoms with E-state index in [4.69, 9.17) is 5.11 Å². The fourth-order valence-corrected chi connectivity index (χ4v) is 9.18. The van der Waals surface area contributed by atoms with Crippen molar-refractivity contribution in [1.29, 1.82) is 0 Å². The number of carbonyl (C=O) groups excluding carboxylic acids is 3. The van der Waals surface area contributed by atoms with Gasteiger partial charge in [0.1, 0.15) is 12.2 Å². The second-order valence-electron chi connectivity index (χ2n) is 14.7. The van der Waals surface area contributed by atoms with Gasteiger partial charge in [0.15, 0.2) is 11.6 Å². The molecule has 0 aromatic heterocycles. The minimum Gasteiger partial charge on any atom is -0.481 e. The third kappa shape index (κ3) is 8.79. The van der Waals surface area contributed by atoms with Gasteiger partial charge in [-0.1, -0.05) is 72.7 Å². The summed E-state index contributed by atoms with van der Waals surface area (Å²) in [5.74, 6) is 1.36. The molecule has 0 aliphatic heterocycles. The van der Waals surface area contributed by atoms with Crippen molar-refractivity contribution < 1.29 is 39.6 Å². The smallest absolute Gasteiger partial charge is 0.303 e. The van der Waals surface area contributed by atoms with Gasteiger partial charge < -0.3 is 25.3 Å². The van der Waals surface area contributed by atoms with E-state index in [1.807, 2.05) is 18.7 Å². The first-order chi connectivity index (χ1) is 20.9. The molecule has 0 aromatic carbocycles. The van der Waals surface area contributed by atoms with Crippen molar-refractivity contribution in [3.05, 3.63) is 11.6 Å². The topological polar surface area (TPSA) is 152 Å². The van der Waals surface area contributed by atoms with E-state index in [9.17, 15) is 34.5 Å². The minimum absolute atomic E-state index is 0.0697. The largest absolute Gasteiger partial charge is 0.481 e. The maximum atomic E-state index is 12.4. The lowest BCUT2D eigenvalue weighted by molar-refractivity contribution is -0.182. The SMILES string of the molecule is CCC(=O)O.CCSC(=O)N(CC(C)C)CC(C)C.C[C@]12CCC(=O)C=C1CC[C@@H]1[C@@H]2[C@@H](O)C[C@@]2(C)[C@H]1CC[C@]2(O)C(=O)CO. The number of carbonyl (C=O) groups is 4. The Morgan fingerprint density at radius 3 is 2.09 bits per heavy atom. The van der Waals surface area contributed by atoms with Crippen molar-refractivity contribution in [2.24, 2.45) is 40.4 Å². The lowest BCUT2D eigenvalue weighted by Gasteiger charge is -2.60. The molecule has 0 bridgehead atoms. The number of aliphatic hydroxyl groups is 3. The molecule has 0 spiro atoms. The van der Waals surface area contributed by atoms with Crippen molar-refractivity contribution in [3.63, 3.8) is 0 Å². The second kappa shape index (κ2) is 16.4. The molecule has 0 unspecified atom stereocenters. The van der Waals surface area contributed by atoms with Gasteiger partial charge in [0, 0.05) is 31.3 Å². The predicted molar refractivity (Wildman–Crippen MR) is 178 cm³/mol. The van der Waals surface area contributed by atoms with Crippen LogP contribution in [0.1, 0.15) is 107 Å². The highest BCUT2D eigenvalue weighted by atomic mass is 32.2. The van der Waals surface area contributed by atoms with Crippen LogP contribution >= 0.6 is 11.8 Å². The number of amides is 1. The molecule has 9 nitrogen and oxygen atoms in total. The molecule has 1 amide bonds. The monoisotopic (exact) mass is 653 g/mol. The van der Waals surface area contributed by atoms with E-state index in [1.54, 1.807) is 13.0 Å². The average Bonchev–Trinajstić information content (AvgIpc) is 3.23. The van der Waals surface area contributed by atoms with Gasteiger partial charge in [-0.05, 0) is 85.4 Å². The van der Waals surface area contributed by atoms with Gasteiger partial charge in [-0.2, -0.15) is 0 Å². The standard InChI is InChI=1S/C21H30O5.C11H23NOS.C3H6O2/c1-19-7-5-13(23)9-12(19)3-4-14-15-6-8-21(26,17(25)11-22)20(15,2)10-16(24)18(14)19;1-6-14-11(13)12(7-9(2)3)8-10(4)5;1-2-3(4)5/h9,14-16,18,22,24,26H,3-8,10-11H2,1-2H3;9-10H,6-8H2,1-5H3;2H2,1H3,(H,4,5)/t14-,15-,16-,18+,19-,20-,21-;;/m0../s1. The summed E-state index contributed by atoms with van der Waals surface area (Å²) in [6, 6.07) is 0. The van der Waals surface area contributed by atoms with Crippen LogP contribution in [0.4, 0.5) is 4.79 Å². The number of nitrogens with zero attached hydrogens (tertiary/aromatic N) is 1. The lowest BCUT2D eigenvalue weighted by atomic mass is 9.45.